The number of likely N-dealkylation sites (N-methyl/N-ethyl adjacent to an activating group) is 1. The number of hydrogen-bond acceptors (Lipinski definition) is 4. The van der Waals surface area contributed by atoms with Crippen LogP contribution in [0.3, 0.4) is 0 Å². The van der Waals surface area contributed by atoms with Crippen molar-refractivity contribution in [1.29, 1.82) is 0 Å². The molecule has 0 aliphatic rings. The summed E-state index contributed by atoms with van der Waals surface area (Å²) in [7, 11) is -0.277. The molecule has 0 aliphatic carbocycles. The van der Waals surface area contributed by atoms with Crippen molar-refractivity contribution in [2.24, 2.45) is 0 Å². The van der Waals surface area contributed by atoms with Gasteiger partial charge in [0.15, 0.2) is 0 Å². The van der Waals surface area contributed by atoms with Crippen LogP contribution in [0, 0.1) is 0 Å². The summed E-state index contributed by atoms with van der Waals surface area (Å²) in [6.07, 6.45) is 0.722. The Kier molecular flexibility index (Phi) is 7.37. The molecule has 0 atom stereocenters. The fourth-order valence-corrected chi connectivity index (χ4v) is 3.10. The zero-order chi connectivity index (χ0) is 18.3. The third-order valence-corrected chi connectivity index (χ3v) is 4.91. The van der Waals surface area contributed by atoms with Gasteiger partial charge in [-0.25, -0.2) is 13.1 Å². The van der Waals surface area contributed by atoms with Crippen LogP contribution in [0.4, 0.5) is 0 Å². The molecule has 0 fully saturated rings. The number of hydrogen-bond donors (Lipinski definition) is 1. The summed E-state index contributed by atoms with van der Waals surface area (Å²) in [5.74, 6) is -0.456. The summed E-state index contributed by atoms with van der Waals surface area (Å²) in [5, 5.41) is 0. The maximum atomic E-state index is 12.6. The van der Waals surface area contributed by atoms with E-state index in [4.69, 9.17) is 0 Å². The third kappa shape index (κ3) is 5.31. The second kappa shape index (κ2) is 8.79. The zero-order valence-corrected chi connectivity index (χ0v) is 15.4. The first-order chi connectivity index (χ1) is 11.2. The predicted molar refractivity (Wildman–Crippen MR) is 92.2 cm³/mol. The topological polar surface area (TPSA) is 86.8 Å². The lowest BCUT2D eigenvalue weighted by Gasteiger charge is -2.23. The van der Waals surface area contributed by atoms with Gasteiger partial charge < -0.3 is 9.80 Å². The number of rotatable bonds is 8. The maximum Gasteiger partial charge on any atom is 0.254 e. The molecule has 1 aromatic rings. The van der Waals surface area contributed by atoms with Gasteiger partial charge in [0.2, 0.25) is 15.9 Å². The highest BCUT2D eigenvalue weighted by atomic mass is 32.2. The van der Waals surface area contributed by atoms with Gasteiger partial charge in [0.25, 0.3) is 5.91 Å². The number of benzene rings is 1. The van der Waals surface area contributed by atoms with Crippen LogP contribution < -0.4 is 4.72 Å². The second-order valence-corrected chi connectivity index (χ2v) is 7.31. The average molecular weight is 355 g/mol. The first-order valence-electron chi connectivity index (χ1n) is 7.82. The Balaban J connectivity index is 2.97. The Morgan fingerprint density at radius 2 is 1.67 bits per heavy atom. The molecule has 0 unspecified atom stereocenters. The van der Waals surface area contributed by atoms with E-state index in [1.54, 1.807) is 21.0 Å². The Morgan fingerprint density at radius 3 is 2.12 bits per heavy atom. The van der Waals surface area contributed by atoms with Gasteiger partial charge in [-0.05, 0) is 30.7 Å². The van der Waals surface area contributed by atoms with Gasteiger partial charge in [-0.15, -0.1) is 0 Å². The van der Waals surface area contributed by atoms with Crippen LogP contribution in [0.15, 0.2) is 29.2 Å². The van der Waals surface area contributed by atoms with Gasteiger partial charge in [-0.2, -0.15) is 0 Å². The van der Waals surface area contributed by atoms with Crippen molar-refractivity contribution in [3.63, 3.8) is 0 Å². The Labute approximate surface area is 143 Å². The molecule has 0 bridgehead atoms. The minimum Gasteiger partial charge on any atom is -0.347 e. The summed E-state index contributed by atoms with van der Waals surface area (Å²) in [6.45, 7) is 4.36. The number of nitrogens with one attached hydrogen (secondary N) is 1. The SMILES string of the molecule is CCCN(CC(=O)N(C)C)C(=O)c1ccc(S(=O)(=O)NCC)cc1. The fraction of sp³-hybridized carbons (Fsp3) is 0.500. The van der Waals surface area contributed by atoms with Gasteiger partial charge in [0, 0.05) is 32.7 Å². The van der Waals surface area contributed by atoms with Crippen LogP contribution >= 0.6 is 0 Å². The van der Waals surface area contributed by atoms with Crippen LogP contribution in [-0.4, -0.2) is 63.8 Å². The van der Waals surface area contributed by atoms with Crippen molar-refractivity contribution < 1.29 is 18.0 Å². The highest BCUT2D eigenvalue weighted by Gasteiger charge is 2.20. The Morgan fingerprint density at radius 1 is 1.08 bits per heavy atom. The largest absolute Gasteiger partial charge is 0.347 e. The second-order valence-electron chi connectivity index (χ2n) is 5.54. The molecule has 24 heavy (non-hydrogen) atoms. The summed E-state index contributed by atoms with van der Waals surface area (Å²) in [4.78, 5) is 27.4. The minimum atomic E-state index is -3.55. The van der Waals surface area contributed by atoms with Crippen molar-refractivity contribution >= 4 is 21.8 Å². The fourth-order valence-electron chi connectivity index (χ4n) is 2.06. The van der Waals surface area contributed by atoms with Crippen LogP contribution in [0.5, 0.6) is 0 Å². The number of amides is 2. The molecule has 1 N–H and O–H groups in total. The molecule has 1 rings (SSSR count). The number of nitrogens with zero attached hydrogens (tertiary/aromatic N) is 2. The number of carbonyl (C=O) groups excluding carboxylic acids is 2. The van der Waals surface area contributed by atoms with E-state index in [9.17, 15) is 18.0 Å². The zero-order valence-electron chi connectivity index (χ0n) is 14.6. The van der Waals surface area contributed by atoms with E-state index in [-0.39, 0.29) is 23.3 Å². The summed E-state index contributed by atoms with van der Waals surface area (Å²) in [5.41, 5.74) is 0.352. The quantitative estimate of drug-likeness (QED) is 0.751. The van der Waals surface area contributed by atoms with Crippen LogP contribution in [0.1, 0.15) is 30.6 Å². The first kappa shape index (κ1) is 20.1. The van der Waals surface area contributed by atoms with Crippen molar-refractivity contribution in [3.05, 3.63) is 29.8 Å². The highest BCUT2D eigenvalue weighted by molar-refractivity contribution is 7.89. The molecule has 0 spiro atoms. The monoisotopic (exact) mass is 355 g/mol. The van der Waals surface area contributed by atoms with Crippen LogP contribution in [-0.2, 0) is 14.8 Å². The van der Waals surface area contributed by atoms with E-state index in [0.29, 0.717) is 18.7 Å². The lowest BCUT2D eigenvalue weighted by Crippen LogP contribution is -2.40. The lowest BCUT2D eigenvalue weighted by molar-refractivity contribution is -0.129. The standard InChI is InChI=1S/C16H25N3O4S/c1-5-11-19(12-15(20)18(3)4)16(21)13-7-9-14(10-8-13)24(22,23)17-6-2/h7-10,17H,5-6,11-12H2,1-4H3. The molecule has 0 aromatic heterocycles. The molecule has 0 radical (unpaired) electrons. The summed E-state index contributed by atoms with van der Waals surface area (Å²) in [6, 6.07) is 5.72. The molecular weight excluding hydrogens is 330 g/mol. The molecule has 0 aliphatic heterocycles. The lowest BCUT2D eigenvalue weighted by atomic mass is 10.2. The van der Waals surface area contributed by atoms with Crippen molar-refractivity contribution in [2.75, 3.05) is 33.7 Å². The number of sulfonamides is 1. The van der Waals surface area contributed by atoms with Crippen molar-refractivity contribution in [3.8, 4) is 0 Å². The molecule has 8 heteroatoms. The van der Waals surface area contributed by atoms with E-state index in [1.165, 1.54) is 34.1 Å². The normalized spacial score (nSPS) is 11.2. The number of carbonyl (C=O) groups is 2. The third-order valence-electron chi connectivity index (χ3n) is 3.35. The molecule has 0 saturated carbocycles. The van der Waals surface area contributed by atoms with E-state index < -0.39 is 10.0 Å². The molecule has 2 amide bonds. The Hall–Kier alpha value is -1.93. The molecule has 7 nitrogen and oxygen atoms in total. The first-order valence-corrected chi connectivity index (χ1v) is 9.30. The van der Waals surface area contributed by atoms with E-state index in [2.05, 4.69) is 4.72 Å². The minimum absolute atomic E-state index is 0.00286. The van der Waals surface area contributed by atoms with Gasteiger partial charge >= 0.3 is 0 Å². The van der Waals surface area contributed by atoms with E-state index in [0.717, 1.165) is 6.42 Å². The van der Waals surface area contributed by atoms with Gasteiger partial charge in [0.1, 0.15) is 6.54 Å². The van der Waals surface area contributed by atoms with Gasteiger partial charge in [-0.3, -0.25) is 9.59 Å². The van der Waals surface area contributed by atoms with Crippen LogP contribution in [0.2, 0.25) is 0 Å². The summed E-state index contributed by atoms with van der Waals surface area (Å²) >= 11 is 0. The molecule has 134 valence electrons. The van der Waals surface area contributed by atoms with Crippen molar-refractivity contribution in [2.45, 2.75) is 25.2 Å². The maximum absolute atomic E-state index is 12.6. The van der Waals surface area contributed by atoms with E-state index in [1.807, 2.05) is 6.92 Å². The molecule has 0 saturated heterocycles. The van der Waals surface area contributed by atoms with Gasteiger partial charge in [-0.1, -0.05) is 13.8 Å². The molecular formula is C16H25N3O4S. The highest BCUT2D eigenvalue weighted by Crippen LogP contribution is 2.12. The van der Waals surface area contributed by atoms with Crippen molar-refractivity contribution in [1.82, 2.24) is 14.5 Å². The van der Waals surface area contributed by atoms with Gasteiger partial charge in [0.05, 0.1) is 4.90 Å². The van der Waals surface area contributed by atoms with Crippen LogP contribution in [0.25, 0.3) is 0 Å². The Bertz CT molecular complexity index is 669. The van der Waals surface area contributed by atoms with E-state index >= 15 is 0 Å². The summed E-state index contributed by atoms with van der Waals surface area (Å²) < 4.78 is 26.2. The molecule has 1 aromatic carbocycles. The molecule has 0 heterocycles. The predicted octanol–water partition coefficient (Wildman–Crippen LogP) is 0.925. The smallest absolute Gasteiger partial charge is 0.254 e. The average Bonchev–Trinajstić information content (AvgIpc) is 2.53.